The normalized spacial score (nSPS) is 13.3. The van der Waals surface area contributed by atoms with Gasteiger partial charge in [0, 0.05) is 27.6 Å². The number of nitrogens with zero attached hydrogens (tertiary/aromatic N) is 4. The van der Waals surface area contributed by atoms with Crippen molar-refractivity contribution in [3.63, 3.8) is 0 Å². The standard InChI is InChI=1S/C32H31ClN6O4S3/c33-25-10-12-26(13-11-25)46(41,42)15-3-5-21-9-14-29(43-18-30-36-38-39-37-30)27(17-21)34-31(40)24-8-1-4-22(16-24)19-44-32-35-28(20-45-32)23-6-2-7-23/h1,4,8-14,16-17,20,23H,2-3,5-7,15,18-19H2,(H,34,40)(H,36,37,38,39). The summed E-state index contributed by atoms with van der Waals surface area (Å²) in [5.41, 5.74) is 4.04. The summed E-state index contributed by atoms with van der Waals surface area (Å²) >= 11 is 9.26. The van der Waals surface area contributed by atoms with Gasteiger partial charge < -0.3 is 10.1 Å². The van der Waals surface area contributed by atoms with Crippen LogP contribution in [0.3, 0.4) is 0 Å². The van der Waals surface area contributed by atoms with E-state index in [9.17, 15) is 13.2 Å². The zero-order chi connectivity index (χ0) is 31.9. The first-order chi connectivity index (χ1) is 22.3. The molecule has 0 aliphatic heterocycles. The van der Waals surface area contributed by atoms with Crippen molar-refractivity contribution in [3.8, 4) is 5.75 Å². The average molecular weight is 695 g/mol. The summed E-state index contributed by atoms with van der Waals surface area (Å²) in [5, 5.41) is 19.4. The largest absolute Gasteiger partial charge is 0.483 e. The first-order valence-corrected chi connectivity index (χ1v) is 18.7. The van der Waals surface area contributed by atoms with Crippen LogP contribution in [0.2, 0.25) is 5.02 Å². The number of aromatic nitrogens is 5. The lowest BCUT2D eigenvalue weighted by molar-refractivity contribution is 0.102. The Bertz CT molecular complexity index is 1900. The second kappa shape index (κ2) is 14.8. The SMILES string of the molecule is O=C(Nc1cc(CCCS(=O)(=O)c2ccc(Cl)cc2)ccc1OCc1nn[nH]n1)c1cccc(CSc2nc(C3CCC3)cs2)c1. The van der Waals surface area contributed by atoms with Gasteiger partial charge in [-0.1, -0.05) is 53.2 Å². The van der Waals surface area contributed by atoms with Gasteiger partial charge in [0.05, 0.1) is 22.0 Å². The molecule has 1 fully saturated rings. The third-order valence-corrected chi connectivity index (χ3v) is 11.8. The Morgan fingerprint density at radius 2 is 1.93 bits per heavy atom. The van der Waals surface area contributed by atoms with Gasteiger partial charge >= 0.3 is 0 Å². The lowest BCUT2D eigenvalue weighted by Gasteiger charge is -2.22. The zero-order valence-electron chi connectivity index (χ0n) is 24.7. The molecule has 46 heavy (non-hydrogen) atoms. The Balaban J connectivity index is 1.12. The highest BCUT2D eigenvalue weighted by Gasteiger charge is 2.22. The average Bonchev–Trinajstić information content (AvgIpc) is 3.72. The summed E-state index contributed by atoms with van der Waals surface area (Å²) < 4.78 is 32.6. The number of sulfone groups is 1. The maximum atomic E-state index is 13.5. The molecule has 0 saturated heterocycles. The predicted molar refractivity (Wildman–Crippen MR) is 179 cm³/mol. The number of carbonyl (C=O) groups is 1. The number of aryl methyl sites for hydroxylation is 1. The number of ether oxygens (including phenoxy) is 1. The quantitative estimate of drug-likeness (QED) is 0.116. The van der Waals surface area contributed by atoms with Crippen LogP contribution in [0, 0.1) is 0 Å². The lowest BCUT2D eigenvalue weighted by atomic mass is 9.83. The number of anilines is 1. The molecule has 5 aromatic rings. The van der Waals surface area contributed by atoms with Crippen molar-refractivity contribution < 1.29 is 17.9 Å². The van der Waals surface area contributed by atoms with Crippen LogP contribution in [-0.2, 0) is 28.6 Å². The van der Waals surface area contributed by atoms with Crippen LogP contribution < -0.4 is 10.1 Å². The number of H-pyrrole nitrogens is 1. The van der Waals surface area contributed by atoms with Crippen molar-refractivity contribution in [1.82, 2.24) is 25.6 Å². The van der Waals surface area contributed by atoms with E-state index < -0.39 is 9.84 Å². The smallest absolute Gasteiger partial charge is 0.255 e. The Morgan fingerprint density at radius 3 is 2.70 bits per heavy atom. The summed E-state index contributed by atoms with van der Waals surface area (Å²) in [5.74, 6) is 1.78. The highest BCUT2D eigenvalue weighted by molar-refractivity contribution is 8.00. The van der Waals surface area contributed by atoms with E-state index in [2.05, 4.69) is 31.3 Å². The number of hydrogen-bond acceptors (Lipinski definition) is 10. The molecule has 1 aliphatic rings. The number of thiazole rings is 1. The second-order valence-electron chi connectivity index (χ2n) is 10.9. The molecule has 10 nitrogen and oxygen atoms in total. The minimum atomic E-state index is -3.46. The van der Waals surface area contributed by atoms with E-state index >= 15 is 0 Å². The second-order valence-corrected chi connectivity index (χ2v) is 15.6. The number of benzene rings is 3. The van der Waals surface area contributed by atoms with Gasteiger partial charge in [-0.25, -0.2) is 13.4 Å². The third-order valence-electron chi connectivity index (χ3n) is 7.67. The van der Waals surface area contributed by atoms with E-state index in [1.165, 1.54) is 37.1 Å². The number of hydrogen-bond donors (Lipinski definition) is 2. The van der Waals surface area contributed by atoms with Gasteiger partial charge in [0.1, 0.15) is 10.1 Å². The highest BCUT2D eigenvalue weighted by Crippen LogP contribution is 2.38. The van der Waals surface area contributed by atoms with Crippen LogP contribution >= 0.6 is 34.7 Å². The van der Waals surface area contributed by atoms with Gasteiger partial charge in [0.15, 0.2) is 16.4 Å². The Morgan fingerprint density at radius 1 is 1.09 bits per heavy atom. The summed E-state index contributed by atoms with van der Waals surface area (Å²) in [4.78, 5) is 18.5. The minimum absolute atomic E-state index is 0.0277. The molecule has 2 heterocycles. The number of halogens is 1. The van der Waals surface area contributed by atoms with Gasteiger partial charge in [-0.3, -0.25) is 4.79 Å². The molecule has 0 radical (unpaired) electrons. The molecule has 14 heteroatoms. The molecule has 6 rings (SSSR count). The minimum Gasteiger partial charge on any atom is -0.483 e. The summed E-state index contributed by atoms with van der Waals surface area (Å²) in [6.45, 7) is 0.0456. The number of aromatic amines is 1. The van der Waals surface area contributed by atoms with Crippen LogP contribution in [0.15, 0.2) is 81.3 Å². The predicted octanol–water partition coefficient (Wildman–Crippen LogP) is 7.11. The fourth-order valence-corrected chi connectivity index (χ4v) is 8.23. The first-order valence-electron chi connectivity index (χ1n) is 14.8. The highest BCUT2D eigenvalue weighted by atomic mass is 35.5. The molecule has 0 spiro atoms. The maximum absolute atomic E-state index is 13.5. The summed E-state index contributed by atoms with van der Waals surface area (Å²) in [7, 11) is -3.46. The van der Waals surface area contributed by atoms with Crippen LogP contribution in [0.25, 0.3) is 0 Å². The van der Waals surface area contributed by atoms with Crippen molar-refractivity contribution in [3.05, 3.63) is 105 Å². The number of carbonyl (C=O) groups excluding carboxylic acids is 1. The van der Waals surface area contributed by atoms with Crippen molar-refractivity contribution in [2.24, 2.45) is 0 Å². The van der Waals surface area contributed by atoms with Crippen molar-refractivity contribution in [1.29, 1.82) is 0 Å². The zero-order valence-corrected chi connectivity index (χ0v) is 27.9. The molecule has 2 N–H and O–H groups in total. The first kappa shape index (κ1) is 32.2. The Labute approximate surface area is 280 Å². The number of tetrazole rings is 1. The number of amides is 1. The fraction of sp³-hybridized carbons (Fsp3) is 0.281. The van der Waals surface area contributed by atoms with E-state index in [0.29, 0.717) is 52.4 Å². The van der Waals surface area contributed by atoms with Crippen molar-refractivity contribution in [2.45, 2.75) is 59.6 Å². The fourth-order valence-electron chi connectivity index (χ4n) is 4.94. The van der Waals surface area contributed by atoms with Crippen molar-refractivity contribution in [2.75, 3.05) is 11.1 Å². The van der Waals surface area contributed by atoms with E-state index in [-0.39, 0.29) is 23.2 Å². The molecule has 0 unspecified atom stereocenters. The topological polar surface area (TPSA) is 140 Å². The van der Waals surface area contributed by atoms with Crippen LogP contribution in [-0.4, -0.2) is 45.7 Å². The molecule has 0 atom stereocenters. The van der Waals surface area contributed by atoms with Gasteiger partial charge in [0.25, 0.3) is 5.91 Å². The molecule has 1 aliphatic carbocycles. The summed E-state index contributed by atoms with van der Waals surface area (Å²) in [6, 6.07) is 19.1. The molecular weight excluding hydrogens is 664 g/mol. The molecule has 2 aromatic heterocycles. The molecule has 3 aromatic carbocycles. The van der Waals surface area contributed by atoms with Crippen molar-refractivity contribution >= 4 is 56.1 Å². The van der Waals surface area contributed by atoms with Gasteiger partial charge in [0.2, 0.25) is 5.82 Å². The van der Waals surface area contributed by atoms with E-state index in [1.807, 2.05) is 24.3 Å². The van der Waals surface area contributed by atoms with E-state index in [0.717, 1.165) is 15.5 Å². The molecule has 238 valence electrons. The van der Waals surface area contributed by atoms with Crippen LogP contribution in [0.4, 0.5) is 5.69 Å². The van der Waals surface area contributed by atoms with E-state index in [4.69, 9.17) is 21.3 Å². The molecule has 1 saturated carbocycles. The summed E-state index contributed by atoms with van der Waals surface area (Å²) in [6.07, 6.45) is 4.61. The molecular formula is C32H31ClN6O4S3. The van der Waals surface area contributed by atoms with Crippen LogP contribution in [0.1, 0.15) is 64.6 Å². The van der Waals surface area contributed by atoms with Gasteiger partial charge in [-0.05, 0) is 85.3 Å². The molecule has 0 bridgehead atoms. The van der Waals surface area contributed by atoms with Gasteiger partial charge in [-0.2, -0.15) is 5.21 Å². The Hall–Kier alpha value is -3.78. The van der Waals surface area contributed by atoms with Crippen LogP contribution in [0.5, 0.6) is 5.75 Å². The lowest BCUT2D eigenvalue weighted by Crippen LogP contribution is -2.14. The van der Waals surface area contributed by atoms with E-state index in [1.54, 1.807) is 53.4 Å². The third kappa shape index (κ3) is 8.32. The monoisotopic (exact) mass is 694 g/mol. The maximum Gasteiger partial charge on any atom is 0.255 e. The number of thioether (sulfide) groups is 1. The van der Waals surface area contributed by atoms with Gasteiger partial charge in [-0.15, -0.1) is 21.5 Å². The number of nitrogens with one attached hydrogen (secondary N) is 2. The molecule has 1 amide bonds. The number of rotatable bonds is 14. The Kier molecular flexibility index (Phi) is 10.3.